The smallest absolute Gasteiger partial charge is 0.232 e. The lowest BCUT2D eigenvalue weighted by atomic mass is 10.3. The van der Waals surface area contributed by atoms with E-state index in [-0.39, 0.29) is 5.75 Å². The molecule has 0 aliphatic rings. The first-order valence-corrected chi connectivity index (χ1v) is 8.05. The van der Waals surface area contributed by atoms with Crippen LogP contribution in [0.2, 0.25) is 0 Å². The second-order valence-electron chi connectivity index (χ2n) is 3.84. The van der Waals surface area contributed by atoms with Crippen LogP contribution in [0, 0.1) is 0 Å². The summed E-state index contributed by atoms with van der Waals surface area (Å²) in [5.74, 6) is 1.11. The van der Waals surface area contributed by atoms with Crippen molar-refractivity contribution in [2.24, 2.45) is 0 Å². The first-order chi connectivity index (χ1) is 8.57. The number of alkyl halides is 1. The highest BCUT2D eigenvalue weighted by atomic mass is 35.5. The van der Waals surface area contributed by atoms with Crippen molar-refractivity contribution in [3.63, 3.8) is 0 Å². The minimum atomic E-state index is -3.30. The van der Waals surface area contributed by atoms with Crippen molar-refractivity contribution in [2.45, 2.75) is 19.8 Å². The molecule has 0 fully saturated rings. The Labute approximate surface area is 113 Å². The number of halogens is 1. The van der Waals surface area contributed by atoms with E-state index in [1.807, 2.05) is 6.92 Å². The van der Waals surface area contributed by atoms with Crippen molar-refractivity contribution in [2.75, 3.05) is 23.0 Å². The lowest BCUT2D eigenvalue weighted by molar-refractivity contribution is 0.317. The van der Waals surface area contributed by atoms with Gasteiger partial charge in [-0.25, -0.2) is 8.42 Å². The maximum atomic E-state index is 11.6. The Morgan fingerprint density at radius 1 is 1.28 bits per heavy atom. The number of benzene rings is 1. The van der Waals surface area contributed by atoms with Gasteiger partial charge in [0.25, 0.3) is 0 Å². The van der Waals surface area contributed by atoms with E-state index in [9.17, 15) is 8.42 Å². The van der Waals surface area contributed by atoms with Crippen molar-refractivity contribution >= 4 is 27.3 Å². The van der Waals surface area contributed by atoms with Crippen LogP contribution in [0.4, 0.5) is 5.69 Å². The molecule has 0 amide bonds. The average Bonchev–Trinajstić information content (AvgIpc) is 2.35. The Bertz CT molecular complexity index is 445. The Morgan fingerprint density at radius 2 is 1.94 bits per heavy atom. The summed E-state index contributed by atoms with van der Waals surface area (Å²) < 4.78 is 31.1. The second-order valence-corrected chi connectivity index (χ2v) is 6.06. The van der Waals surface area contributed by atoms with Gasteiger partial charge in [0, 0.05) is 11.6 Å². The molecule has 0 radical (unpaired) electrons. The van der Waals surface area contributed by atoms with E-state index in [1.54, 1.807) is 24.3 Å². The van der Waals surface area contributed by atoms with E-state index >= 15 is 0 Å². The quantitative estimate of drug-likeness (QED) is 0.749. The third-order valence-electron chi connectivity index (χ3n) is 2.15. The first-order valence-electron chi connectivity index (χ1n) is 5.86. The average molecular weight is 292 g/mol. The minimum Gasteiger partial charge on any atom is -0.494 e. The fourth-order valence-corrected chi connectivity index (χ4v) is 2.73. The predicted molar refractivity (Wildman–Crippen MR) is 75.0 cm³/mol. The van der Waals surface area contributed by atoms with Crippen LogP contribution in [-0.4, -0.2) is 26.7 Å². The molecular weight excluding hydrogens is 274 g/mol. The lowest BCUT2D eigenvalue weighted by Gasteiger charge is -2.08. The molecule has 0 aliphatic heterocycles. The molecule has 6 heteroatoms. The zero-order chi connectivity index (χ0) is 13.4. The number of hydrogen-bond acceptors (Lipinski definition) is 3. The fraction of sp³-hybridized carbons (Fsp3) is 0.500. The third-order valence-corrected chi connectivity index (χ3v) is 3.79. The summed E-state index contributed by atoms with van der Waals surface area (Å²) in [4.78, 5) is 0. The third kappa shape index (κ3) is 5.60. The molecule has 0 saturated heterocycles. The summed E-state index contributed by atoms with van der Waals surface area (Å²) in [6, 6.07) is 6.86. The summed E-state index contributed by atoms with van der Waals surface area (Å²) in [5.41, 5.74) is 0.536. The molecule has 0 unspecified atom stereocenters. The van der Waals surface area contributed by atoms with Gasteiger partial charge in [-0.3, -0.25) is 4.72 Å². The summed E-state index contributed by atoms with van der Waals surface area (Å²) in [6.07, 6.45) is 1.38. The number of sulfonamides is 1. The maximum absolute atomic E-state index is 11.6. The number of nitrogens with one attached hydrogen (secondary N) is 1. The van der Waals surface area contributed by atoms with Gasteiger partial charge in [0.05, 0.1) is 12.4 Å². The molecule has 0 aromatic heterocycles. The zero-order valence-corrected chi connectivity index (χ0v) is 11.9. The van der Waals surface area contributed by atoms with E-state index in [4.69, 9.17) is 16.3 Å². The summed E-state index contributed by atoms with van der Waals surface area (Å²) >= 11 is 5.47. The molecule has 1 rings (SSSR count). The van der Waals surface area contributed by atoms with E-state index < -0.39 is 10.0 Å². The molecule has 0 saturated carbocycles. The molecule has 18 heavy (non-hydrogen) atoms. The molecule has 0 spiro atoms. The molecule has 1 aromatic rings. The molecule has 0 aliphatic carbocycles. The molecule has 1 N–H and O–H groups in total. The normalized spacial score (nSPS) is 11.2. The van der Waals surface area contributed by atoms with E-state index in [0.717, 1.165) is 12.2 Å². The molecule has 0 atom stereocenters. The topological polar surface area (TPSA) is 55.4 Å². The van der Waals surface area contributed by atoms with Crippen molar-refractivity contribution < 1.29 is 13.2 Å². The fourth-order valence-electron chi connectivity index (χ4n) is 1.31. The molecule has 102 valence electrons. The Kier molecular flexibility index (Phi) is 6.29. The SMILES string of the molecule is CCCOc1ccc(NS(=O)(=O)CCCCl)cc1. The zero-order valence-electron chi connectivity index (χ0n) is 10.4. The Hall–Kier alpha value is -0.940. The summed E-state index contributed by atoms with van der Waals surface area (Å²) in [6.45, 7) is 2.68. The van der Waals surface area contributed by atoms with Crippen LogP contribution < -0.4 is 9.46 Å². The Morgan fingerprint density at radius 3 is 2.50 bits per heavy atom. The van der Waals surface area contributed by atoms with Gasteiger partial charge in [0.2, 0.25) is 10.0 Å². The van der Waals surface area contributed by atoms with Gasteiger partial charge in [0.15, 0.2) is 0 Å². The largest absolute Gasteiger partial charge is 0.494 e. The second kappa shape index (κ2) is 7.48. The highest BCUT2D eigenvalue weighted by Gasteiger charge is 2.09. The van der Waals surface area contributed by atoms with Gasteiger partial charge in [-0.1, -0.05) is 6.92 Å². The van der Waals surface area contributed by atoms with Crippen LogP contribution in [0.5, 0.6) is 5.75 Å². The number of ether oxygens (including phenoxy) is 1. The number of hydrogen-bond donors (Lipinski definition) is 1. The van der Waals surface area contributed by atoms with Crippen LogP contribution in [0.3, 0.4) is 0 Å². The van der Waals surface area contributed by atoms with Crippen molar-refractivity contribution in [1.82, 2.24) is 0 Å². The maximum Gasteiger partial charge on any atom is 0.232 e. The van der Waals surface area contributed by atoms with Crippen LogP contribution in [0.15, 0.2) is 24.3 Å². The van der Waals surface area contributed by atoms with Gasteiger partial charge < -0.3 is 4.74 Å². The molecule has 0 bridgehead atoms. The van der Waals surface area contributed by atoms with Gasteiger partial charge in [-0.2, -0.15) is 0 Å². The van der Waals surface area contributed by atoms with Crippen LogP contribution in [0.25, 0.3) is 0 Å². The molecule has 1 aromatic carbocycles. The Balaban J connectivity index is 2.57. The van der Waals surface area contributed by atoms with Gasteiger partial charge in [0.1, 0.15) is 5.75 Å². The molecule has 4 nitrogen and oxygen atoms in total. The van der Waals surface area contributed by atoms with E-state index in [2.05, 4.69) is 4.72 Å². The first kappa shape index (κ1) is 15.1. The highest BCUT2D eigenvalue weighted by molar-refractivity contribution is 7.92. The van der Waals surface area contributed by atoms with E-state index in [0.29, 0.717) is 24.6 Å². The van der Waals surface area contributed by atoms with Crippen molar-refractivity contribution in [1.29, 1.82) is 0 Å². The lowest BCUT2D eigenvalue weighted by Crippen LogP contribution is -2.16. The monoisotopic (exact) mass is 291 g/mol. The van der Waals surface area contributed by atoms with Crippen LogP contribution >= 0.6 is 11.6 Å². The predicted octanol–water partition coefficient (Wildman–Crippen LogP) is 2.85. The number of rotatable bonds is 8. The van der Waals surface area contributed by atoms with Gasteiger partial charge in [-0.15, -0.1) is 11.6 Å². The summed E-state index contributed by atoms with van der Waals surface area (Å²) in [5, 5.41) is 0. The number of anilines is 1. The molecular formula is C12H18ClNO3S. The van der Waals surface area contributed by atoms with Crippen molar-refractivity contribution in [3.8, 4) is 5.75 Å². The molecule has 0 heterocycles. The standard InChI is InChI=1S/C12H18ClNO3S/c1-2-9-17-12-6-4-11(5-7-12)14-18(15,16)10-3-8-13/h4-7,14H,2-3,8-10H2,1H3. The highest BCUT2D eigenvalue weighted by Crippen LogP contribution is 2.17. The summed E-state index contributed by atoms with van der Waals surface area (Å²) in [7, 11) is -3.30. The van der Waals surface area contributed by atoms with Gasteiger partial charge in [-0.05, 0) is 37.1 Å². The van der Waals surface area contributed by atoms with Crippen LogP contribution in [0.1, 0.15) is 19.8 Å². The minimum absolute atomic E-state index is 0.0323. The van der Waals surface area contributed by atoms with Gasteiger partial charge >= 0.3 is 0 Å². The van der Waals surface area contributed by atoms with E-state index in [1.165, 1.54) is 0 Å². The van der Waals surface area contributed by atoms with Crippen LogP contribution in [-0.2, 0) is 10.0 Å². The van der Waals surface area contributed by atoms with Crippen molar-refractivity contribution in [3.05, 3.63) is 24.3 Å².